The molecule has 1 aromatic carbocycles. The highest BCUT2D eigenvalue weighted by molar-refractivity contribution is 5.54. The molecule has 0 heterocycles. The van der Waals surface area contributed by atoms with Crippen LogP contribution in [-0.2, 0) is 0 Å². The predicted molar refractivity (Wildman–Crippen MR) is 74.6 cm³/mol. The van der Waals surface area contributed by atoms with Gasteiger partial charge in [0.2, 0.25) is 0 Å². The average Bonchev–Trinajstić information content (AvgIpc) is 2.28. The molecule has 0 amide bonds. The minimum Gasteiger partial charge on any atom is -0.508 e. The summed E-state index contributed by atoms with van der Waals surface area (Å²) >= 11 is 0. The smallest absolute Gasteiger partial charge is 0.123 e. The number of hydrogen-bond acceptors (Lipinski definition) is 2. The number of allylic oxidation sites excluding steroid dienone is 1. The highest BCUT2D eigenvalue weighted by Gasteiger charge is 1.96. The minimum absolute atomic E-state index is 0. The largest absolute Gasteiger partial charge is 0.508 e. The van der Waals surface area contributed by atoms with Gasteiger partial charge in [0.25, 0.3) is 0 Å². The van der Waals surface area contributed by atoms with Crippen molar-refractivity contribution in [2.45, 2.75) is 40.0 Å². The third-order valence-electron chi connectivity index (χ3n) is 2.43. The lowest BCUT2D eigenvalue weighted by molar-refractivity contribution is 0.407. The van der Waals surface area contributed by atoms with Crippen molar-refractivity contribution >= 4 is 6.08 Å². The van der Waals surface area contributed by atoms with Crippen LogP contribution in [0.25, 0.3) is 6.08 Å². The molecule has 0 spiro atoms. The Morgan fingerprint density at radius 1 is 1.24 bits per heavy atom. The Morgan fingerprint density at radius 3 is 2.65 bits per heavy atom. The second kappa shape index (κ2) is 8.68. The van der Waals surface area contributed by atoms with Crippen LogP contribution in [0.4, 0.5) is 0 Å². The van der Waals surface area contributed by atoms with Crippen LogP contribution >= 0.6 is 0 Å². The second-order valence-electron chi connectivity index (χ2n) is 3.86. The zero-order valence-corrected chi connectivity index (χ0v) is 10.1. The van der Waals surface area contributed by atoms with Gasteiger partial charge >= 0.3 is 0 Å². The topological polar surface area (TPSA) is 29.5 Å². The molecule has 0 bridgehead atoms. The molecule has 0 unspecified atom stereocenters. The molecule has 0 radical (unpaired) electrons. The lowest BCUT2D eigenvalue weighted by Gasteiger charge is -2.02. The molecule has 96 valence electrons. The number of rotatable bonds is 6. The minimum atomic E-state index is 0. The monoisotopic (exact) mass is 236 g/mol. The zero-order valence-electron chi connectivity index (χ0n) is 10.1. The van der Waals surface area contributed by atoms with Crippen LogP contribution in [0.1, 0.15) is 45.6 Å². The predicted octanol–water partition coefficient (Wildman–Crippen LogP) is 4.63. The van der Waals surface area contributed by atoms with Crippen LogP contribution in [0.3, 0.4) is 0 Å². The summed E-state index contributed by atoms with van der Waals surface area (Å²) < 4.78 is 5.09. The fourth-order valence-electron chi connectivity index (χ4n) is 1.55. The van der Waals surface area contributed by atoms with E-state index in [2.05, 4.69) is 13.0 Å². The third-order valence-corrected chi connectivity index (χ3v) is 2.43. The van der Waals surface area contributed by atoms with Crippen molar-refractivity contribution in [3.8, 4) is 11.5 Å². The van der Waals surface area contributed by atoms with Crippen molar-refractivity contribution in [1.29, 1.82) is 0 Å². The van der Waals surface area contributed by atoms with Gasteiger partial charge in [-0.25, -0.2) is 0 Å². The van der Waals surface area contributed by atoms with Crippen LogP contribution in [0.5, 0.6) is 11.5 Å². The van der Waals surface area contributed by atoms with Gasteiger partial charge in [0, 0.05) is 6.07 Å². The molecule has 0 saturated carbocycles. The van der Waals surface area contributed by atoms with Gasteiger partial charge in [0.1, 0.15) is 11.5 Å². The summed E-state index contributed by atoms with van der Waals surface area (Å²) in [5.74, 6) is 0.931. The third kappa shape index (κ3) is 6.00. The molecule has 0 aliphatic carbocycles. The number of ether oxygens (including phenoxy) is 1. The number of methoxy groups -OCH3 is 1. The molecule has 1 rings (SSSR count). The Kier molecular flexibility index (Phi) is 7.95. The quantitative estimate of drug-likeness (QED) is 0.730. The maximum absolute atomic E-state index is 9.45. The number of unbranched alkanes of at least 4 members (excludes halogenated alkanes) is 3. The lowest BCUT2D eigenvalue weighted by Crippen LogP contribution is -1.83. The van der Waals surface area contributed by atoms with E-state index < -0.39 is 0 Å². The van der Waals surface area contributed by atoms with Crippen molar-refractivity contribution in [1.82, 2.24) is 0 Å². The summed E-state index contributed by atoms with van der Waals surface area (Å²) in [5, 5.41) is 9.45. The van der Waals surface area contributed by atoms with Gasteiger partial charge in [-0.15, -0.1) is 0 Å². The first-order chi connectivity index (χ1) is 7.76. The van der Waals surface area contributed by atoms with Crippen molar-refractivity contribution in [3.05, 3.63) is 29.8 Å². The molecule has 1 aromatic rings. The molecule has 0 atom stereocenters. The molecule has 0 aromatic heterocycles. The zero-order chi connectivity index (χ0) is 11.8. The molecule has 1 N–H and O–H groups in total. The average molecular weight is 236 g/mol. The molecule has 0 fully saturated rings. The molecule has 17 heavy (non-hydrogen) atoms. The van der Waals surface area contributed by atoms with Crippen LogP contribution in [0, 0.1) is 0 Å². The maximum Gasteiger partial charge on any atom is 0.123 e. The SMILES string of the molecule is C.CCCCC/C=C\c1cc(O)cc(OC)c1. The summed E-state index contributed by atoms with van der Waals surface area (Å²) in [7, 11) is 1.60. The van der Waals surface area contributed by atoms with Crippen LogP contribution in [0.15, 0.2) is 24.3 Å². The van der Waals surface area contributed by atoms with Gasteiger partial charge in [0.15, 0.2) is 0 Å². The number of benzene rings is 1. The fraction of sp³-hybridized carbons (Fsp3) is 0.467. The molecular weight excluding hydrogens is 212 g/mol. The van der Waals surface area contributed by atoms with Crippen molar-refractivity contribution in [2.75, 3.05) is 7.11 Å². The van der Waals surface area contributed by atoms with Crippen LogP contribution in [-0.4, -0.2) is 12.2 Å². The molecule has 2 heteroatoms. The number of phenols is 1. The summed E-state index contributed by atoms with van der Waals surface area (Å²) in [6.45, 7) is 2.20. The van der Waals surface area contributed by atoms with E-state index in [1.165, 1.54) is 19.3 Å². The Bertz CT molecular complexity index is 343. The van der Waals surface area contributed by atoms with E-state index in [1.807, 2.05) is 12.1 Å². The normalized spacial score (nSPS) is 10.2. The van der Waals surface area contributed by atoms with E-state index in [0.29, 0.717) is 5.75 Å². The number of phenolic OH excluding ortho intramolecular Hbond substituents is 1. The lowest BCUT2D eigenvalue weighted by atomic mass is 10.1. The molecule has 0 aliphatic heterocycles. The van der Waals surface area contributed by atoms with Crippen LogP contribution < -0.4 is 4.74 Å². The van der Waals surface area contributed by atoms with Gasteiger partial charge < -0.3 is 9.84 Å². The van der Waals surface area contributed by atoms with Crippen molar-refractivity contribution in [2.24, 2.45) is 0 Å². The van der Waals surface area contributed by atoms with Crippen molar-refractivity contribution in [3.63, 3.8) is 0 Å². The van der Waals surface area contributed by atoms with Gasteiger partial charge in [-0.05, 0) is 30.5 Å². The number of hydrogen-bond donors (Lipinski definition) is 1. The molecule has 2 nitrogen and oxygen atoms in total. The number of aromatic hydroxyl groups is 1. The fourth-order valence-corrected chi connectivity index (χ4v) is 1.55. The Morgan fingerprint density at radius 2 is 2.00 bits per heavy atom. The first-order valence-electron chi connectivity index (χ1n) is 5.81. The summed E-state index contributed by atoms with van der Waals surface area (Å²) in [6.07, 6.45) is 9.00. The Hall–Kier alpha value is -1.44. The standard InChI is InChI=1S/C14H20O2.CH4/c1-3-4-5-6-7-8-12-9-13(15)11-14(10-12)16-2;/h7-11,15H,3-6H2,1-2H3;1H4/b8-7-;. The highest BCUT2D eigenvalue weighted by atomic mass is 16.5. The molecular formula is C15H24O2. The van der Waals surface area contributed by atoms with E-state index in [9.17, 15) is 5.11 Å². The first-order valence-corrected chi connectivity index (χ1v) is 5.81. The van der Waals surface area contributed by atoms with Gasteiger partial charge in [0.05, 0.1) is 7.11 Å². The summed E-state index contributed by atoms with van der Waals surface area (Å²) in [5.41, 5.74) is 0.980. The second-order valence-corrected chi connectivity index (χ2v) is 3.86. The van der Waals surface area contributed by atoms with Crippen LogP contribution in [0.2, 0.25) is 0 Å². The van der Waals surface area contributed by atoms with E-state index >= 15 is 0 Å². The summed E-state index contributed by atoms with van der Waals surface area (Å²) in [4.78, 5) is 0. The summed E-state index contributed by atoms with van der Waals surface area (Å²) in [6, 6.07) is 5.25. The Labute approximate surface area is 105 Å². The Balaban J connectivity index is 0.00000256. The highest BCUT2D eigenvalue weighted by Crippen LogP contribution is 2.22. The molecule has 0 saturated heterocycles. The first kappa shape index (κ1) is 15.6. The van der Waals surface area contributed by atoms with E-state index in [4.69, 9.17) is 4.74 Å². The van der Waals surface area contributed by atoms with E-state index in [0.717, 1.165) is 12.0 Å². The van der Waals surface area contributed by atoms with E-state index in [1.54, 1.807) is 19.2 Å². The van der Waals surface area contributed by atoms with Gasteiger partial charge in [-0.2, -0.15) is 0 Å². The van der Waals surface area contributed by atoms with Gasteiger partial charge in [-0.3, -0.25) is 0 Å². The molecule has 0 aliphatic rings. The van der Waals surface area contributed by atoms with E-state index in [-0.39, 0.29) is 13.2 Å². The van der Waals surface area contributed by atoms with Gasteiger partial charge in [-0.1, -0.05) is 39.3 Å². The maximum atomic E-state index is 9.45. The van der Waals surface area contributed by atoms with Crippen molar-refractivity contribution < 1.29 is 9.84 Å².